The second-order valence-corrected chi connectivity index (χ2v) is 9.62. The van der Waals surface area contributed by atoms with E-state index in [1.54, 1.807) is 42.7 Å². The molecule has 2 N–H and O–H groups in total. The van der Waals surface area contributed by atoms with E-state index in [1.807, 2.05) is 6.92 Å². The van der Waals surface area contributed by atoms with Gasteiger partial charge in [0.1, 0.15) is 17.0 Å². The van der Waals surface area contributed by atoms with Gasteiger partial charge in [0.05, 0.1) is 35.8 Å². The monoisotopic (exact) mass is 487 g/mol. The number of amides is 1. The second kappa shape index (κ2) is 9.59. The van der Waals surface area contributed by atoms with E-state index < -0.39 is 10.0 Å². The number of furan rings is 1. The van der Waals surface area contributed by atoms with Gasteiger partial charge in [-0.05, 0) is 49.4 Å². The third-order valence-electron chi connectivity index (χ3n) is 4.68. The van der Waals surface area contributed by atoms with E-state index in [2.05, 4.69) is 15.0 Å². The van der Waals surface area contributed by atoms with Crippen molar-refractivity contribution in [3.8, 4) is 5.75 Å². The largest absolute Gasteiger partial charge is 0.495 e. The third kappa shape index (κ3) is 5.32. The Morgan fingerprint density at radius 3 is 2.76 bits per heavy atom. The number of fused-ring (bicyclic) bond motifs is 1. The van der Waals surface area contributed by atoms with Crippen LogP contribution in [-0.2, 0) is 14.8 Å². The molecule has 4 aromatic rings. The number of anilines is 1. The van der Waals surface area contributed by atoms with Crippen LogP contribution in [0.25, 0.3) is 11.1 Å². The zero-order valence-electron chi connectivity index (χ0n) is 17.8. The molecule has 0 unspecified atom stereocenters. The summed E-state index contributed by atoms with van der Waals surface area (Å²) in [5, 5.41) is 3.09. The predicted octanol–water partition coefficient (Wildman–Crippen LogP) is 4.20. The van der Waals surface area contributed by atoms with Crippen molar-refractivity contribution in [2.45, 2.75) is 23.1 Å². The smallest absolute Gasteiger partial charge is 0.262 e. The summed E-state index contributed by atoms with van der Waals surface area (Å²) in [7, 11) is -2.42. The van der Waals surface area contributed by atoms with Crippen LogP contribution >= 0.6 is 11.8 Å². The van der Waals surface area contributed by atoms with Crippen LogP contribution < -0.4 is 14.8 Å². The Balaban J connectivity index is 1.44. The number of hydrogen-bond donors (Lipinski definition) is 2. The SMILES string of the molecule is COc1ccccc1NS(=O)(=O)c1ccc2oc(SCC(=O)N[C@@H](C)c3ccco3)nc2c1. The molecule has 4 rings (SSSR count). The molecule has 9 nitrogen and oxygen atoms in total. The molecule has 2 heterocycles. The van der Waals surface area contributed by atoms with Crippen molar-refractivity contribution in [3.05, 3.63) is 66.6 Å². The number of methoxy groups -OCH3 is 1. The summed E-state index contributed by atoms with van der Waals surface area (Å²) in [6.45, 7) is 1.82. The highest BCUT2D eigenvalue weighted by Gasteiger charge is 2.19. The predicted molar refractivity (Wildman–Crippen MR) is 124 cm³/mol. The molecule has 1 atom stereocenters. The molecule has 0 aliphatic carbocycles. The topological polar surface area (TPSA) is 124 Å². The van der Waals surface area contributed by atoms with Gasteiger partial charge in [-0.1, -0.05) is 23.9 Å². The number of para-hydroxylation sites is 2. The summed E-state index contributed by atoms with van der Waals surface area (Å²) in [4.78, 5) is 16.5. The van der Waals surface area contributed by atoms with E-state index in [0.29, 0.717) is 28.3 Å². The van der Waals surface area contributed by atoms with Crippen molar-refractivity contribution in [1.29, 1.82) is 0 Å². The molecular weight excluding hydrogens is 466 g/mol. The number of nitrogens with zero attached hydrogens (tertiary/aromatic N) is 1. The summed E-state index contributed by atoms with van der Waals surface area (Å²) in [6, 6.07) is 14.4. The number of sulfonamides is 1. The number of oxazole rings is 1. The molecule has 0 radical (unpaired) electrons. The zero-order chi connectivity index (χ0) is 23.4. The average Bonchev–Trinajstić information content (AvgIpc) is 3.47. The first-order valence-corrected chi connectivity index (χ1v) is 12.3. The average molecular weight is 488 g/mol. The maximum atomic E-state index is 12.8. The number of benzene rings is 2. The van der Waals surface area contributed by atoms with Crippen LogP contribution in [0.4, 0.5) is 5.69 Å². The van der Waals surface area contributed by atoms with Crippen molar-refractivity contribution in [1.82, 2.24) is 10.3 Å². The Morgan fingerprint density at radius 1 is 1.18 bits per heavy atom. The Bertz CT molecular complexity index is 1370. The molecule has 0 bridgehead atoms. The fraction of sp³-hybridized carbons (Fsp3) is 0.182. The van der Waals surface area contributed by atoms with Crippen LogP contribution in [0.1, 0.15) is 18.7 Å². The first-order chi connectivity index (χ1) is 15.9. The van der Waals surface area contributed by atoms with Crippen molar-refractivity contribution in [2.75, 3.05) is 17.6 Å². The quantitative estimate of drug-likeness (QED) is 0.337. The van der Waals surface area contributed by atoms with E-state index in [0.717, 1.165) is 11.8 Å². The number of ether oxygens (including phenoxy) is 1. The minimum absolute atomic E-state index is 0.0239. The van der Waals surface area contributed by atoms with Gasteiger partial charge in [-0.15, -0.1) is 0 Å². The summed E-state index contributed by atoms with van der Waals surface area (Å²) in [6.07, 6.45) is 1.55. The number of aromatic nitrogens is 1. The number of nitrogens with one attached hydrogen (secondary N) is 2. The first-order valence-electron chi connectivity index (χ1n) is 9.88. The second-order valence-electron chi connectivity index (χ2n) is 7.01. The van der Waals surface area contributed by atoms with Crippen molar-refractivity contribution < 1.29 is 26.8 Å². The molecule has 0 fully saturated rings. The van der Waals surface area contributed by atoms with Gasteiger partial charge in [0.2, 0.25) is 5.91 Å². The van der Waals surface area contributed by atoms with Crippen LogP contribution in [0, 0.1) is 0 Å². The van der Waals surface area contributed by atoms with Crippen molar-refractivity contribution in [2.24, 2.45) is 0 Å². The molecular formula is C22H21N3O6S2. The lowest BCUT2D eigenvalue weighted by Crippen LogP contribution is -2.27. The highest BCUT2D eigenvalue weighted by atomic mass is 32.2. The third-order valence-corrected chi connectivity index (χ3v) is 6.87. The molecule has 2 aromatic carbocycles. The minimum Gasteiger partial charge on any atom is -0.495 e. The Labute approximate surface area is 194 Å². The van der Waals surface area contributed by atoms with Gasteiger partial charge < -0.3 is 18.9 Å². The van der Waals surface area contributed by atoms with Crippen LogP contribution in [-0.4, -0.2) is 32.2 Å². The number of hydrogen-bond acceptors (Lipinski definition) is 8. The summed E-state index contributed by atoms with van der Waals surface area (Å²) >= 11 is 1.11. The van der Waals surface area contributed by atoms with E-state index in [1.165, 1.54) is 25.3 Å². The van der Waals surface area contributed by atoms with Gasteiger partial charge in [-0.2, -0.15) is 0 Å². The first kappa shape index (κ1) is 22.7. The number of carbonyl (C=O) groups is 1. The lowest BCUT2D eigenvalue weighted by Gasteiger charge is -2.11. The minimum atomic E-state index is -3.88. The molecule has 11 heteroatoms. The zero-order valence-corrected chi connectivity index (χ0v) is 19.4. The summed E-state index contributed by atoms with van der Waals surface area (Å²) in [5.74, 6) is 0.932. The molecule has 2 aromatic heterocycles. The van der Waals surface area contributed by atoms with Gasteiger partial charge in [0, 0.05) is 0 Å². The van der Waals surface area contributed by atoms with Gasteiger partial charge in [-0.25, -0.2) is 13.4 Å². The van der Waals surface area contributed by atoms with E-state index >= 15 is 0 Å². The summed E-state index contributed by atoms with van der Waals surface area (Å²) < 4.78 is 44.3. The normalized spacial score (nSPS) is 12.4. The van der Waals surface area contributed by atoms with Crippen LogP contribution in [0.2, 0.25) is 0 Å². The molecule has 0 spiro atoms. The van der Waals surface area contributed by atoms with Crippen molar-refractivity contribution >= 4 is 44.5 Å². The Morgan fingerprint density at radius 2 is 2.00 bits per heavy atom. The molecule has 0 aliphatic heterocycles. The van der Waals surface area contributed by atoms with Crippen molar-refractivity contribution in [3.63, 3.8) is 0 Å². The Kier molecular flexibility index (Phi) is 6.61. The maximum Gasteiger partial charge on any atom is 0.262 e. The highest BCUT2D eigenvalue weighted by Crippen LogP contribution is 2.29. The van der Waals surface area contributed by atoms with E-state index in [-0.39, 0.29) is 27.8 Å². The molecule has 0 saturated heterocycles. The molecule has 172 valence electrons. The molecule has 0 saturated carbocycles. The van der Waals surface area contributed by atoms with Crippen LogP contribution in [0.15, 0.2) is 79.8 Å². The lowest BCUT2D eigenvalue weighted by molar-refractivity contribution is -0.119. The van der Waals surface area contributed by atoms with Gasteiger partial charge >= 0.3 is 0 Å². The van der Waals surface area contributed by atoms with Gasteiger partial charge in [-0.3, -0.25) is 9.52 Å². The van der Waals surface area contributed by atoms with E-state index in [9.17, 15) is 13.2 Å². The molecule has 33 heavy (non-hydrogen) atoms. The van der Waals surface area contributed by atoms with Gasteiger partial charge in [0.15, 0.2) is 5.58 Å². The van der Waals surface area contributed by atoms with Crippen LogP contribution in [0.5, 0.6) is 5.75 Å². The fourth-order valence-electron chi connectivity index (χ4n) is 3.07. The fourth-order valence-corrected chi connectivity index (χ4v) is 4.81. The van der Waals surface area contributed by atoms with Gasteiger partial charge in [0.25, 0.3) is 15.2 Å². The molecule has 1 amide bonds. The van der Waals surface area contributed by atoms with Crippen LogP contribution in [0.3, 0.4) is 0 Å². The lowest BCUT2D eigenvalue weighted by atomic mass is 10.2. The number of thioether (sulfide) groups is 1. The molecule has 0 aliphatic rings. The van der Waals surface area contributed by atoms with E-state index in [4.69, 9.17) is 13.6 Å². The summed E-state index contributed by atoms with van der Waals surface area (Å²) in [5.41, 5.74) is 1.11. The maximum absolute atomic E-state index is 12.8. The standard InChI is InChI=1S/C22H21N3O6S2/c1-14(18-8-5-11-30-18)23-21(26)13-32-22-24-17-12-15(9-10-20(17)31-22)33(27,28)25-16-6-3-4-7-19(16)29-2/h3-12,14,25H,13H2,1-2H3,(H,23,26)/t14-/m0/s1. The highest BCUT2D eigenvalue weighted by molar-refractivity contribution is 7.99. The number of rotatable bonds is 9. The Hall–Kier alpha value is -3.44. The number of carbonyl (C=O) groups excluding carboxylic acids is 1.